The van der Waals surface area contributed by atoms with Gasteiger partial charge in [-0.1, -0.05) is 68.4 Å². The fraction of sp³-hybridized carbons (Fsp3) is 0.111. The number of aryl methyl sites for hydroxylation is 4. The third kappa shape index (κ3) is 5.39. The first-order valence-corrected chi connectivity index (χ1v) is 13.2. The Morgan fingerprint density at radius 3 is 2.34 bits per heavy atom. The summed E-state index contributed by atoms with van der Waals surface area (Å²) in [5.74, 6) is 0.248. The van der Waals surface area contributed by atoms with Crippen LogP contribution >= 0.6 is 0 Å². The van der Waals surface area contributed by atoms with Crippen molar-refractivity contribution in [3.8, 4) is 28.4 Å². The summed E-state index contributed by atoms with van der Waals surface area (Å²) >= 11 is 0. The number of para-hydroxylation sites is 3. The van der Waals surface area contributed by atoms with E-state index in [4.69, 9.17) is 4.11 Å². The molecule has 205 valence electrons. The predicted octanol–water partition coefficient (Wildman–Crippen LogP) is 8.72. The Morgan fingerprint density at radius 2 is 1.54 bits per heavy atom. The summed E-state index contributed by atoms with van der Waals surface area (Å²) in [5.41, 5.74) is 7.29. The molecule has 0 fully saturated rings. The maximum absolute atomic E-state index is 9.94. The van der Waals surface area contributed by atoms with Crippen molar-refractivity contribution in [3.63, 3.8) is 0 Å². The van der Waals surface area contributed by atoms with Crippen molar-refractivity contribution in [1.82, 2.24) is 14.5 Å². The molecule has 0 spiro atoms. The molecule has 0 saturated carbocycles. The second kappa shape index (κ2) is 11.7. The first kappa shape index (κ1) is 24.5. The van der Waals surface area contributed by atoms with Crippen LogP contribution in [-0.2, 0) is 27.1 Å². The number of imidazole rings is 1. The number of fused-ring (bicyclic) bond motifs is 4. The van der Waals surface area contributed by atoms with Crippen LogP contribution in [0.4, 0.5) is 0 Å². The standard InChI is InChI=1S/C22H18N.C14H12N2O.Ir/c1-14-11-15(2)13-17(12-14)22-21-8-7-18-16(3)5-4-6-19(18)20(21)9-10-23-22;1-16-12-8-4-3-7-11(12)15-14(16)10-6-2-5-9-13(10)17;/h4-12H,1-3H3;2-9,17H,1H3;/q-1;;/i;1D3;. The van der Waals surface area contributed by atoms with E-state index in [1.807, 2.05) is 6.20 Å². The van der Waals surface area contributed by atoms with Crippen LogP contribution in [0.5, 0.6) is 5.75 Å². The van der Waals surface area contributed by atoms with Crippen LogP contribution in [0.3, 0.4) is 0 Å². The van der Waals surface area contributed by atoms with Crippen molar-refractivity contribution in [3.05, 3.63) is 126 Å². The van der Waals surface area contributed by atoms with Crippen molar-refractivity contribution in [2.75, 3.05) is 0 Å². The van der Waals surface area contributed by atoms with Crippen molar-refractivity contribution >= 4 is 32.6 Å². The zero-order valence-corrected chi connectivity index (χ0v) is 25.3. The number of aromatic nitrogens is 3. The van der Waals surface area contributed by atoms with Crippen LogP contribution < -0.4 is 0 Å². The van der Waals surface area contributed by atoms with Gasteiger partial charge in [0, 0.05) is 37.4 Å². The molecular formula is C36H30IrN3O-. The molecule has 4 nitrogen and oxygen atoms in total. The molecule has 0 aliphatic heterocycles. The smallest absolute Gasteiger partial charge is 0.144 e. The molecule has 1 radical (unpaired) electrons. The zero-order valence-electron chi connectivity index (χ0n) is 25.9. The van der Waals surface area contributed by atoms with Crippen molar-refractivity contribution in [2.24, 2.45) is 6.98 Å². The summed E-state index contributed by atoms with van der Waals surface area (Å²) in [7, 11) is 0. The summed E-state index contributed by atoms with van der Waals surface area (Å²) in [6.07, 6.45) is 1.91. The molecule has 0 saturated heterocycles. The molecule has 0 amide bonds. The number of hydrogen-bond acceptors (Lipinski definition) is 3. The Bertz CT molecular complexity index is 2120. The molecular weight excluding hydrogens is 683 g/mol. The Hall–Kier alpha value is -4.31. The molecule has 1 N–H and O–H groups in total. The van der Waals surface area contributed by atoms with E-state index < -0.39 is 6.98 Å². The number of hydrogen-bond donors (Lipinski definition) is 1. The largest absolute Gasteiger partial charge is 0.507 e. The van der Waals surface area contributed by atoms with Crippen LogP contribution in [0.1, 0.15) is 20.8 Å². The fourth-order valence-corrected chi connectivity index (χ4v) is 5.29. The summed E-state index contributed by atoms with van der Waals surface area (Å²) in [6, 6.07) is 34.4. The molecule has 0 atom stereocenters. The van der Waals surface area contributed by atoms with Crippen LogP contribution in [0.25, 0.3) is 55.2 Å². The minimum Gasteiger partial charge on any atom is -0.507 e. The molecule has 0 unspecified atom stereocenters. The van der Waals surface area contributed by atoms with Gasteiger partial charge in [-0.05, 0) is 70.1 Å². The number of pyridine rings is 1. The van der Waals surface area contributed by atoms with E-state index >= 15 is 0 Å². The SMILES string of the molecule is Cc1[c-]c(-c2nccc3c2ccc2c(C)cccc23)cc(C)c1.[2H]C([2H])([2H])n1c(-c2ccccc2O)nc2ccccc21.[Ir]. The van der Waals surface area contributed by atoms with Crippen molar-refractivity contribution < 1.29 is 29.3 Å². The molecule has 0 bridgehead atoms. The fourth-order valence-electron chi connectivity index (χ4n) is 5.29. The minimum absolute atomic E-state index is 0. The number of aromatic hydroxyl groups is 1. The normalized spacial score (nSPS) is 12.2. The Balaban J connectivity index is 0.000000172. The number of benzene rings is 5. The Labute approximate surface area is 257 Å². The first-order chi connectivity index (χ1) is 20.6. The molecule has 41 heavy (non-hydrogen) atoms. The third-order valence-corrected chi connectivity index (χ3v) is 7.13. The average Bonchev–Trinajstić information content (AvgIpc) is 3.37. The average molecular weight is 716 g/mol. The summed E-state index contributed by atoms with van der Waals surface area (Å²) < 4.78 is 24.3. The predicted molar refractivity (Wildman–Crippen MR) is 166 cm³/mol. The molecule has 7 aromatic rings. The Kier molecular flexibility index (Phi) is 6.96. The number of phenols is 1. The van der Waals surface area contributed by atoms with Crippen LogP contribution in [0, 0.1) is 26.8 Å². The monoisotopic (exact) mass is 716 g/mol. The minimum atomic E-state index is -2.37. The van der Waals surface area contributed by atoms with Gasteiger partial charge in [-0.25, -0.2) is 4.98 Å². The van der Waals surface area contributed by atoms with Crippen molar-refractivity contribution in [1.29, 1.82) is 0 Å². The van der Waals surface area contributed by atoms with Gasteiger partial charge in [0.05, 0.1) is 16.6 Å². The van der Waals surface area contributed by atoms with Crippen LogP contribution in [-0.4, -0.2) is 19.6 Å². The second-order valence-corrected chi connectivity index (χ2v) is 10.0. The van der Waals surface area contributed by atoms with Gasteiger partial charge in [0.15, 0.2) is 0 Å². The first-order valence-electron chi connectivity index (χ1n) is 14.7. The van der Waals surface area contributed by atoms with Gasteiger partial charge in [-0.3, -0.25) is 0 Å². The molecule has 2 aromatic heterocycles. The van der Waals surface area contributed by atoms with E-state index in [1.165, 1.54) is 43.3 Å². The zero-order chi connectivity index (χ0) is 30.3. The molecule has 5 heteroatoms. The third-order valence-electron chi connectivity index (χ3n) is 7.13. The van der Waals surface area contributed by atoms with E-state index in [2.05, 4.69) is 85.3 Å². The number of phenolic OH excluding ortho intramolecular Hbond substituents is 1. The Morgan fingerprint density at radius 1 is 0.780 bits per heavy atom. The van der Waals surface area contributed by atoms with Gasteiger partial charge < -0.3 is 14.7 Å². The molecule has 5 aromatic carbocycles. The second-order valence-electron chi connectivity index (χ2n) is 10.0. The van der Waals surface area contributed by atoms with Gasteiger partial charge >= 0.3 is 0 Å². The van der Waals surface area contributed by atoms with Gasteiger partial charge in [0.25, 0.3) is 0 Å². The van der Waals surface area contributed by atoms with Gasteiger partial charge in [-0.2, -0.15) is 0 Å². The maximum Gasteiger partial charge on any atom is 0.144 e. The number of nitrogens with zero attached hydrogens (tertiary/aromatic N) is 3. The molecule has 0 aliphatic carbocycles. The number of rotatable bonds is 2. The van der Waals surface area contributed by atoms with Gasteiger partial charge in [0.2, 0.25) is 0 Å². The molecule has 2 heterocycles. The quantitative estimate of drug-likeness (QED) is 0.144. The van der Waals surface area contributed by atoms with E-state index in [0.29, 0.717) is 16.6 Å². The summed E-state index contributed by atoms with van der Waals surface area (Å²) in [4.78, 5) is 9.01. The van der Waals surface area contributed by atoms with E-state index in [-0.39, 0.29) is 31.7 Å². The van der Waals surface area contributed by atoms with E-state index in [0.717, 1.165) is 16.8 Å². The van der Waals surface area contributed by atoms with Crippen molar-refractivity contribution in [2.45, 2.75) is 20.8 Å². The topological polar surface area (TPSA) is 50.9 Å². The summed E-state index contributed by atoms with van der Waals surface area (Å²) in [6.45, 7) is 4.00. The summed E-state index contributed by atoms with van der Waals surface area (Å²) in [5, 5.41) is 15.0. The molecule has 0 aliphatic rings. The van der Waals surface area contributed by atoms with Gasteiger partial charge in [0.1, 0.15) is 11.6 Å². The van der Waals surface area contributed by atoms with E-state index in [1.54, 1.807) is 42.5 Å². The van der Waals surface area contributed by atoms with E-state index in [9.17, 15) is 5.11 Å². The maximum atomic E-state index is 9.94. The molecule has 7 rings (SSSR count). The van der Waals surface area contributed by atoms with Crippen LogP contribution in [0.15, 0.2) is 103 Å². The van der Waals surface area contributed by atoms with Gasteiger partial charge in [-0.15, -0.1) is 34.9 Å². The van der Waals surface area contributed by atoms with Crippen LogP contribution in [0.2, 0.25) is 0 Å².